The lowest BCUT2D eigenvalue weighted by Gasteiger charge is -2.38. The van der Waals surface area contributed by atoms with Gasteiger partial charge in [-0.05, 0) is 36.4 Å². The number of carbonyl (C=O) groups excluding carboxylic acids is 1. The van der Waals surface area contributed by atoms with Crippen LogP contribution in [-0.2, 0) is 21.8 Å². The number of alkyl halides is 3. The maximum absolute atomic E-state index is 12.5. The third-order valence-corrected chi connectivity index (χ3v) is 6.03. The Hall–Kier alpha value is -2.29. The average molecular weight is 373 g/mol. The second-order valence-electron chi connectivity index (χ2n) is 5.79. The van der Waals surface area contributed by atoms with Crippen molar-refractivity contribution in [1.82, 2.24) is 4.90 Å². The van der Waals surface area contributed by atoms with E-state index in [4.69, 9.17) is 4.42 Å². The predicted molar refractivity (Wildman–Crippen MR) is 82.5 cm³/mol. The van der Waals surface area contributed by atoms with Gasteiger partial charge < -0.3 is 9.32 Å². The molecule has 0 atom stereocenters. The number of amides is 1. The van der Waals surface area contributed by atoms with Crippen LogP contribution in [0.5, 0.6) is 0 Å². The summed E-state index contributed by atoms with van der Waals surface area (Å²) in [5.74, 6) is -0.404. The summed E-state index contributed by atoms with van der Waals surface area (Å²) < 4.78 is 67.0. The van der Waals surface area contributed by atoms with Crippen molar-refractivity contribution >= 4 is 15.7 Å². The number of halogens is 3. The molecule has 1 amide bonds. The van der Waals surface area contributed by atoms with Crippen LogP contribution in [0.3, 0.4) is 0 Å². The summed E-state index contributed by atoms with van der Waals surface area (Å²) in [6.07, 6.45) is -3.09. The Labute approximate surface area is 142 Å². The molecule has 0 bridgehead atoms. The molecule has 0 saturated carbocycles. The largest absolute Gasteiger partial charge is 0.468 e. The zero-order chi connectivity index (χ0) is 18.2. The van der Waals surface area contributed by atoms with Gasteiger partial charge in [0.25, 0.3) is 5.91 Å². The molecule has 2 heterocycles. The van der Waals surface area contributed by atoms with Crippen LogP contribution in [0.4, 0.5) is 13.2 Å². The Bertz CT molecular complexity index is 852. The lowest BCUT2D eigenvalue weighted by Crippen LogP contribution is -2.57. The molecule has 9 heteroatoms. The summed E-state index contributed by atoms with van der Waals surface area (Å²) >= 11 is 0. The van der Waals surface area contributed by atoms with E-state index in [-0.39, 0.29) is 24.4 Å². The molecule has 5 nitrogen and oxygen atoms in total. The molecule has 1 saturated heterocycles. The molecule has 0 unspecified atom stereocenters. The van der Waals surface area contributed by atoms with Crippen LogP contribution in [0.15, 0.2) is 47.1 Å². The predicted octanol–water partition coefficient (Wildman–Crippen LogP) is 2.74. The van der Waals surface area contributed by atoms with Crippen molar-refractivity contribution in [1.29, 1.82) is 0 Å². The molecular formula is C16H14F3NO4S. The Kier molecular flexibility index (Phi) is 4.36. The van der Waals surface area contributed by atoms with Crippen LogP contribution in [0.2, 0.25) is 0 Å². The van der Waals surface area contributed by atoms with Gasteiger partial charge in [-0.1, -0.05) is 0 Å². The van der Waals surface area contributed by atoms with Gasteiger partial charge in [-0.25, -0.2) is 8.42 Å². The monoisotopic (exact) mass is 373 g/mol. The average Bonchev–Trinajstić information content (AvgIpc) is 2.96. The van der Waals surface area contributed by atoms with Crippen molar-refractivity contribution in [2.45, 2.75) is 17.2 Å². The standard InChI is InChI=1S/C16H14F3NO4S/c17-16(18,19)12-5-3-11(4-6-12)15(21)20-8-14(9-20)25(22,23)10-13-2-1-7-24-13/h1-7,14H,8-10H2. The highest BCUT2D eigenvalue weighted by Gasteiger charge is 2.40. The third kappa shape index (κ3) is 3.71. The molecule has 1 aliphatic heterocycles. The number of furan rings is 1. The first-order valence-electron chi connectivity index (χ1n) is 7.37. The maximum atomic E-state index is 12.5. The molecule has 3 rings (SSSR count). The first-order chi connectivity index (χ1) is 11.7. The Morgan fingerprint density at radius 1 is 1.16 bits per heavy atom. The zero-order valence-electron chi connectivity index (χ0n) is 12.9. The molecular weight excluding hydrogens is 359 g/mol. The molecule has 1 aliphatic rings. The molecule has 25 heavy (non-hydrogen) atoms. The van der Waals surface area contributed by atoms with Crippen molar-refractivity contribution < 1.29 is 30.8 Å². The number of nitrogens with zero attached hydrogens (tertiary/aromatic N) is 1. The summed E-state index contributed by atoms with van der Waals surface area (Å²) in [4.78, 5) is 13.5. The van der Waals surface area contributed by atoms with E-state index in [1.807, 2.05) is 0 Å². The number of carbonyl (C=O) groups is 1. The van der Waals surface area contributed by atoms with Crippen LogP contribution >= 0.6 is 0 Å². The van der Waals surface area contributed by atoms with Crippen molar-refractivity contribution in [2.24, 2.45) is 0 Å². The molecule has 0 spiro atoms. The summed E-state index contributed by atoms with van der Waals surface area (Å²) in [5, 5.41) is -0.698. The second-order valence-corrected chi connectivity index (χ2v) is 8.07. The minimum Gasteiger partial charge on any atom is -0.468 e. The van der Waals surface area contributed by atoms with Crippen LogP contribution in [-0.4, -0.2) is 37.6 Å². The molecule has 1 fully saturated rings. The lowest BCUT2D eigenvalue weighted by molar-refractivity contribution is -0.137. The van der Waals surface area contributed by atoms with Gasteiger partial charge in [-0.2, -0.15) is 13.2 Å². The topological polar surface area (TPSA) is 67.6 Å². The van der Waals surface area contributed by atoms with Crippen molar-refractivity contribution in [3.63, 3.8) is 0 Å². The summed E-state index contributed by atoms with van der Waals surface area (Å²) in [6, 6.07) is 7.00. The molecule has 134 valence electrons. The van der Waals surface area contributed by atoms with E-state index in [2.05, 4.69) is 0 Å². The van der Waals surface area contributed by atoms with Crippen molar-refractivity contribution in [3.05, 3.63) is 59.5 Å². The highest BCUT2D eigenvalue weighted by Crippen LogP contribution is 2.29. The van der Waals surface area contributed by atoms with Gasteiger partial charge >= 0.3 is 6.18 Å². The fraction of sp³-hybridized carbons (Fsp3) is 0.312. The zero-order valence-corrected chi connectivity index (χ0v) is 13.7. The first-order valence-corrected chi connectivity index (χ1v) is 9.09. The highest BCUT2D eigenvalue weighted by atomic mass is 32.2. The summed E-state index contributed by atoms with van der Waals surface area (Å²) in [7, 11) is -3.46. The van der Waals surface area contributed by atoms with Crippen LogP contribution in [0.1, 0.15) is 21.7 Å². The number of hydrogen-bond donors (Lipinski definition) is 0. The van der Waals surface area contributed by atoms with Gasteiger partial charge in [0.2, 0.25) is 0 Å². The Morgan fingerprint density at radius 2 is 1.80 bits per heavy atom. The minimum absolute atomic E-state index is 0.0168. The summed E-state index contributed by atoms with van der Waals surface area (Å²) in [6.45, 7) is 0.0335. The number of likely N-dealkylation sites (tertiary alicyclic amines) is 1. The SMILES string of the molecule is O=C(c1ccc(C(F)(F)F)cc1)N1CC(S(=O)(=O)Cc2ccco2)C1. The van der Waals surface area contributed by atoms with Crippen molar-refractivity contribution in [3.8, 4) is 0 Å². The number of hydrogen-bond acceptors (Lipinski definition) is 4. The van der Waals surface area contributed by atoms with E-state index in [1.54, 1.807) is 12.1 Å². The van der Waals surface area contributed by atoms with Crippen LogP contribution in [0, 0.1) is 0 Å². The number of benzene rings is 1. The van der Waals surface area contributed by atoms with Gasteiger partial charge in [-0.15, -0.1) is 0 Å². The number of rotatable bonds is 4. The van der Waals surface area contributed by atoms with Gasteiger partial charge in [0.1, 0.15) is 11.5 Å². The van der Waals surface area contributed by atoms with Crippen LogP contribution in [0.25, 0.3) is 0 Å². The van der Waals surface area contributed by atoms with E-state index >= 15 is 0 Å². The molecule has 1 aromatic heterocycles. The third-order valence-electron chi connectivity index (χ3n) is 4.03. The van der Waals surface area contributed by atoms with E-state index < -0.39 is 32.7 Å². The Morgan fingerprint density at radius 3 is 2.32 bits per heavy atom. The van der Waals surface area contributed by atoms with Crippen LogP contribution < -0.4 is 0 Å². The molecule has 2 aromatic rings. The molecule has 0 aliphatic carbocycles. The fourth-order valence-electron chi connectivity index (χ4n) is 2.53. The quantitative estimate of drug-likeness (QED) is 0.827. The van der Waals surface area contributed by atoms with E-state index in [0.717, 1.165) is 24.3 Å². The smallest absolute Gasteiger partial charge is 0.416 e. The van der Waals surface area contributed by atoms with Gasteiger partial charge in [0, 0.05) is 18.7 Å². The van der Waals surface area contributed by atoms with Gasteiger partial charge in [0.05, 0.1) is 17.1 Å². The summed E-state index contributed by atoms with van der Waals surface area (Å²) in [5.41, 5.74) is -0.749. The highest BCUT2D eigenvalue weighted by molar-refractivity contribution is 7.91. The van der Waals surface area contributed by atoms with E-state index in [9.17, 15) is 26.4 Å². The molecule has 0 N–H and O–H groups in total. The Balaban J connectivity index is 1.61. The number of sulfone groups is 1. The minimum atomic E-state index is -4.47. The van der Waals surface area contributed by atoms with Gasteiger partial charge in [0.15, 0.2) is 9.84 Å². The van der Waals surface area contributed by atoms with E-state index in [0.29, 0.717) is 5.76 Å². The fourth-order valence-corrected chi connectivity index (χ4v) is 4.14. The second kappa shape index (κ2) is 6.21. The lowest BCUT2D eigenvalue weighted by atomic mass is 10.1. The maximum Gasteiger partial charge on any atom is 0.416 e. The van der Waals surface area contributed by atoms with Crippen molar-refractivity contribution in [2.75, 3.05) is 13.1 Å². The normalized spacial score (nSPS) is 15.9. The first kappa shape index (κ1) is 17.5. The molecule has 0 radical (unpaired) electrons. The van der Waals surface area contributed by atoms with Gasteiger partial charge in [-0.3, -0.25) is 4.79 Å². The van der Waals surface area contributed by atoms with E-state index in [1.165, 1.54) is 11.2 Å². The molecule has 1 aromatic carbocycles.